The molecule has 0 saturated heterocycles. The van der Waals surface area contributed by atoms with Crippen LogP contribution in [-0.2, 0) is 13.2 Å². The number of benzene rings is 1. The zero-order valence-electron chi connectivity index (χ0n) is 7.56. The van der Waals surface area contributed by atoms with Crippen LogP contribution in [0.1, 0.15) is 16.7 Å². The lowest BCUT2D eigenvalue weighted by Crippen LogP contribution is -1.94. The molecule has 0 fully saturated rings. The lowest BCUT2D eigenvalue weighted by molar-refractivity contribution is 0.266. The first-order valence-corrected chi connectivity index (χ1v) is 4.06. The van der Waals surface area contributed by atoms with E-state index in [-0.39, 0.29) is 41.4 Å². The highest BCUT2D eigenvalue weighted by molar-refractivity contribution is 5.66. The van der Waals surface area contributed by atoms with Crippen LogP contribution in [0.25, 0.3) is 6.08 Å². The van der Waals surface area contributed by atoms with Crippen LogP contribution >= 0.6 is 0 Å². The maximum absolute atomic E-state index is 9.52. The van der Waals surface area contributed by atoms with Gasteiger partial charge in [-0.2, -0.15) is 0 Å². The molecule has 0 amide bonds. The van der Waals surface area contributed by atoms with Gasteiger partial charge >= 0.3 is 0 Å². The maximum atomic E-state index is 9.52. The van der Waals surface area contributed by atoms with E-state index in [0.29, 0.717) is 0 Å². The molecule has 1 aromatic rings. The van der Waals surface area contributed by atoms with Gasteiger partial charge in [0.15, 0.2) is 0 Å². The van der Waals surface area contributed by atoms with Gasteiger partial charge in [0.25, 0.3) is 0 Å². The van der Waals surface area contributed by atoms with Crippen molar-refractivity contribution in [1.29, 1.82) is 0 Å². The Morgan fingerprint density at radius 1 is 1.07 bits per heavy atom. The smallest absolute Gasteiger partial charge is 0.132 e. The quantitative estimate of drug-likeness (QED) is 0.574. The van der Waals surface area contributed by atoms with Crippen molar-refractivity contribution < 1.29 is 20.4 Å². The molecular formula is C10H12O4. The summed E-state index contributed by atoms with van der Waals surface area (Å²) in [5, 5.41) is 36.8. The van der Waals surface area contributed by atoms with Crippen molar-refractivity contribution >= 4 is 6.08 Å². The van der Waals surface area contributed by atoms with Crippen LogP contribution in [0.15, 0.2) is 12.6 Å². The minimum atomic E-state index is -0.361. The molecule has 1 rings (SSSR count). The second-order valence-electron chi connectivity index (χ2n) is 2.83. The Labute approximate surface area is 81.4 Å². The van der Waals surface area contributed by atoms with Crippen LogP contribution in [0, 0.1) is 0 Å². The summed E-state index contributed by atoms with van der Waals surface area (Å²) in [5.41, 5.74) is 0.629. The second-order valence-corrected chi connectivity index (χ2v) is 2.83. The summed E-state index contributed by atoms with van der Waals surface area (Å²) in [6, 6.07) is 1.34. The van der Waals surface area contributed by atoms with Gasteiger partial charge in [-0.1, -0.05) is 12.7 Å². The Balaban J connectivity index is 3.46. The summed E-state index contributed by atoms with van der Waals surface area (Å²) in [6.07, 6.45) is 1.27. The molecule has 4 nitrogen and oxygen atoms in total. The van der Waals surface area contributed by atoms with Crippen LogP contribution in [0.3, 0.4) is 0 Å². The summed E-state index contributed by atoms with van der Waals surface area (Å²) >= 11 is 0. The highest BCUT2D eigenvalue weighted by Crippen LogP contribution is 2.35. The van der Waals surface area contributed by atoms with Crippen LogP contribution in [0.4, 0.5) is 0 Å². The average Bonchev–Trinajstić information content (AvgIpc) is 2.19. The number of aromatic hydroxyl groups is 2. The SMILES string of the molecule is C=Cc1c(O)c(CO)cc(CO)c1O. The fourth-order valence-corrected chi connectivity index (χ4v) is 1.24. The molecule has 0 aliphatic heterocycles. The van der Waals surface area contributed by atoms with Gasteiger partial charge in [-0.3, -0.25) is 0 Å². The third-order valence-electron chi connectivity index (χ3n) is 2.01. The Bertz CT molecular complexity index is 329. The Morgan fingerprint density at radius 2 is 1.50 bits per heavy atom. The van der Waals surface area contributed by atoms with E-state index in [4.69, 9.17) is 10.2 Å². The van der Waals surface area contributed by atoms with E-state index in [1.165, 1.54) is 12.1 Å². The molecule has 0 aliphatic rings. The van der Waals surface area contributed by atoms with Crippen LogP contribution in [0.5, 0.6) is 11.5 Å². The van der Waals surface area contributed by atoms with Gasteiger partial charge in [-0.05, 0) is 6.07 Å². The van der Waals surface area contributed by atoms with Crippen molar-refractivity contribution in [3.05, 3.63) is 29.3 Å². The highest BCUT2D eigenvalue weighted by atomic mass is 16.3. The van der Waals surface area contributed by atoms with Crippen molar-refractivity contribution in [2.75, 3.05) is 0 Å². The molecule has 0 saturated carbocycles. The molecule has 0 aromatic heterocycles. The van der Waals surface area contributed by atoms with E-state index in [9.17, 15) is 10.2 Å². The molecule has 4 heteroatoms. The Kier molecular flexibility index (Phi) is 3.11. The standard InChI is InChI=1S/C10H12O4/c1-2-8-9(13)6(4-11)3-7(5-12)10(8)14/h2-3,11-14H,1,4-5H2. The first-order chi connectivity index (χ1) is 6.65. The summed E-state index contributed by atoms with van der Waals surface area (Å²) in [6.45, 7) is 2.70. The Morgan fingerprint density at radius 3 is 1.79 bits per heavy atom. The molecule has 0 aliphatic carbocycles. The molecule has 0 heterocycles. The van der Waals surface area contributed by atoms with Crippen molar-refractivity contribution in [2.24, 2.45) is 0 Å². The van der Waals surface area contributed by atoms with E-state index >= 15 is 0 Å². The third kappa shape index (κ3) is 1.57. The van der Waals surface area contributed by atoms with Crippen LogP contribution in [-0.4, -0.2) is 20.4 Å². The van der Waals surface area contributed by atoms with Crippen LogP contribution in [0.2, 0.25) is 0 Å². The zero-order chi connectivity index (χ0) is 10.7. The zero-order valence-corrected chi connectivity index (χ0v) is 7.56. The average molecular weight is 196 g/mol. The summed E-state index contributed by atoms with van der Waals surface area (Å²) in [5.74, 6) is -0.422. The Hall–Kier alpha value is -1.52. The van der Waals surface area contributed by atoms with E-state index in [1.54, 1.807) is 0 Å². The molecule has 0 radical (unpaired) electrons. The largest absolute Gasteiger partial charge is 0.507 e. The normalized spacial score (nSPS) is 10.1. The minimum Gasteiger partial charge on any atom is -0.507 e. The fraction of sp³-hybridized carbons (Fsp3) is 0.200. The molecule has 0 spiro atoms. The van der Waals surface area contributed by atoms with Crippen LogP contribution < -0.4 is 0 Å². The van der Waals surface area contributed by atoms with Gasteiger partial charge in [0, 0.05) is 11.1 Å². The van der Waals surface area contributed by atoms with Crippen molar-refractivity contribution in [2.45, 2.75) is 13.2 Å². The van der Waals surface area contributed by atoms with E-state index < -0.39 is 0 Å². The topological polar surface area (TPSA) is 80.9 Å². The van der Waals surface area contributed by atoms with Crippen molar-refractivity contribution in [1.82, 2.24) is 0 Å². The minimum absolute atomic E-state index is 0.126. The number of hydrogen-bond donors (Lipinski definition) is 4. The third-order valence-corrected chi connectivity index (χ3v) is 2.01. The molecule has 4 N–H and O–H groups in total. The number of rotatable bonds is 3. The number of aliphatic hydroxyl groups excluding tert-OH is 2. The maximum Gasteiger partial charge on any atom is 0.132 e. The molecule has 0 atom stereocenters. The highest BCUT2D eigenvalue weighted by Gasteiger charge is 2.13. The predicted octanol–water partition coefficient (Wildman–Crippen LogP) is 0.725. The van der Waals surface area contributed by atoms with Gasteiger partial charge in [-0.15, -0.1) is 0 Å². The molecule has 0 unspecified atom stereocenters. The summed E-state index contributed by atoms with van der Waals surface area (Å²) in [7, 11) is 0. The van der Waals surface area contributed by atoms with E-state index in [1.807, 2.05) is 0 Å². The second kappa shape index (κ2) is 4.13. The number of hydrogen-bond acceptors (Lipinski definition) is 4. The van der Waals surface area contributed by atoms with Gasteiger partial charge < -0.3 is 20.4 Å². The van der Waals surface area contributed by atoms with Gasteiger partial charge in [0.1, 0.15) is 11.5 Å². The molecule has 0 bridgehead atoms. The summed E-state index contributed by atoms with van der Waals surface area (Å²) < 4.78 is 0. The van der Waals surface area contributed by atoms with Gasteiger partial charge in [0.05, 0.1) is 18.8 Å². The fourth-order valence-electron chi connectivity index (χ4n) is 1.24. The monoisotopic (exact) mass is 196 g/mol. The predicted molar refractivity (Wildman–Crippen MR) is 51.7 cm³/mol. The first-order valence-electron chi connectivity index (χ1n) is 4.06. The van der Waals surface area contributed by atoms with Crippen molar-refractivity contribution in [3.63, 3.8) is 0 Å². The molecular weight excluding hydrogens is 184 g/mol. The lowest BCUT2D eigenvalue weighted by atomic mass is 10.0. The molecule has 14 heavy (non-hydrogen) atoms. The van der Waals surface area contributed by atoms with Crippen molar-refractivity contribution in [3.8, 4) is 11.5 Å². The number of phenols is 2. The summed E-state index contributed by atoms with van der Waals surface area (Å²) in [4.78, 5) is 0. The van der Waals surface area contributed by atoms with Gasteiger partial charge in [0.2, 0.25) is 0 Å². The molecule has 76 valence electrons. The lowest BCUT2D eigenvalue weighted by Gasteiger charge is -2.10. The molecule has 1 aromatic carbocycles. The van der Waals surface area contributed by atoms with E-state index in [0.717, 1.165) is 0 Å². The first kappa shape index (κ1) is 10.6. The van der Waals surface area contributed by atoms with Gasteiger partial charge in [-0.25, -0.2) is 0 Å². The number of aliphatic hydroxyl groups is 2. The van der Waals surface area contributed by atoms with E-state index in [2.05, 4.69) is 6.58 Å².